The predicted molar refractivity (Wildman–Crippen MR) is 109 cm³/mol. The molecule has 0 radical (unpaired) electrons. The summed E-state index contributed by atoms with van der Waals surface area (Å²) < 4.78 is 31.3. The molecule has 1 aromatic rings. The molecule has 5 atom stereocenters. The zero-order valence-electron chi connectivity index (χ0n) is 19.1. The van der Waals surface area contributed by atoms with Crippen LogP contribution in [0.1, 0.15) is 38.1 Å². The highest BCUT2D eigenvalue weighted by Crippen LogP contribution is 2.36. The van der Waals surface area contributed by atoms with Crippen molar-refractivity contribution in [2.45, 2.75) is 58.4 Å². The first-order valence-electron chi connectivity index (χ1n) is 10.1. The van der Waals surface area contributed by atoms with Gasteiger partial charge in [0.05, 0.1) is 5.56 Å². The normalized spacial score (nSPS) is 23.5. The lowest BCUT2D eigenvalue weighted by Gasteiger charge is -2.43. The largest absolute Gasteiger partial charge is 0.504 e. The molecule has 0 aliphatic carbocycles. The van der Waals surface area contributed by atoms with E-state index < -0.39 is 90.0 Å². The van der Waals surface area contributed by atoms with Crippen LogP contribution in [0.2, 0.25) is 0 Å². The summed E-state index contributed by atoms with van der Waals surface area (Å²) in [5.41, 5.74) is -0.439. The molecule has 1 saturated heterocycles. The van der Waals surface area contributed by atoms with Gasteiger partial charge in [-0.2, -0.15) is 0 Å². The summed E-state index contributed by atoms with van der Waals surface area (Å²) in [6.45, 7) is 3.63. The maximum absolute atomic E-state index is 12.7. The smallest absolute Gasteiger partial charge is 0.340 e. The Morgan fingerprint density at radius 2 is 1.23 bits per heavy atom. The van der Waals surface area contributed by atoms with Crippen LogP contribution in [0.15, 0.2) is 12.1 Å². The molecule has 1 aromatic carbocycles. The molecule has 14 heteroatoms. The zero-order valence-corrected chi connectivity index (χ0v) is 19.1. The molecule has 0 spiro atoms. The Morgan fingerprint density at radius 1 is 0.743 bits per heavy atom. The number of phenolic OH excluding ortho intramolecular Hbond substituents is 3. The maximum atomic E-state index is 12.7. The number of carbonyl (C=O) groups excluding carboxylic acids is 5. The third-order valence-corrected chi connectivity index (χ3v) is 4.48. The van der Waals surface area contributed by atoms with Gasteiger partial charge in [0.1, 0.15) is 12.7 Å². The van der Waals surface area contributed by atoms with Crippen molar-refractivity contribution in [3.63, 3.8) is 0 Å². The molecule has 1 heterocycles. The fourth-order valence-electron chi connectivity index (χ4n) is 3.18. The Kier molecular flexibility index (Phi) is 8.83. The Morgan fingerprint density at radius 3 is 1.71 bits per heavy atom. The molecule has 14 nitrogen and oxygen atoms in total. The van der Waals surface area contributed by atoms with Crippen molar-refractivity contribution >= 4 is 29.8 Å². The van der Waals surface area contributed by atoms with E-state index in [4.69, 9.17) is 28.4 Å². The van der Waals surface area contributed by atoms with Gasteiger partial charge in [-0.05, 0) is 12.1 Å². The molecule has 0 aromatic heterocycles. The average Bonchev–Trinajstić information content (AvgIpc) is 2.73. The Bertz CT molecular complexity index is 979. The number of aromatic hydroxyl groups is 3. The molecular formula is C21H24O14. The van der Waals surface area contributed by atoms with Crippen LogP contribution < -0.4 is 0 Å². The van der Waals surface area contributed by atoms with E-state index in [1.165, 1.54) is 0 Å². The number of rotatable bonds is 7. The van der Waals surface area contributed by atoms with E-state index >= 15 is 0 Å². The molecule has 1 aliphatic heterocycles. The first-order chi connectivity index (χ1) is 16.3. The van der Waals surface area contributed by atoms with Crippen molar-refractivity contribution in [3.05, 3.63) is 17.7 Å². The number of esters is 5. The second-order valence-electron chi connectivity index (χ2n) is 7.34. The molecule has 35 heavy (non-hydrogen) atoms. The number of ether oxygens (including phenoxy) is 6. The van der Waals surface area contributed by atoms with Crippen molar-refractivity contribution in [2.75, 3.05) is 6.61 Å². The molecule has 3 N–H and O–H groups in total. The van der Waals surface area contributed by atoms with E-state index in [0.717, 1.165) is 39.8 Å². The molecule has 192 valence electrons. The van der Waals surface area contributed by atoms with Crippen LogP contribution in [-0.2, 0) is 47.6 Å². The summed E-state index contributed by atoms with van der Waals surface area (Å²) >= 11 is 0. The summed E-state index contributed by atoms with van der Waals surface area (Å²) in [4.78, 5) is 59.3. The zero-order chi connectivity index (χ0) is 26.4. The van der Waals surface area contributed by atoms with E-state index in [1.54, 1.807) is 0 Å². The van der Waals surface area contributed by atoms with Crippen LogP contribution in [0.4, 0.5) is 0 Å². The van der Waals surface area contributed by atoms with E-state index in [9.17, 15) is 39.3 Å². The van der Waals surface area contributed by atoms with Gasteiger partial charge < -0.3 is 43.7 Å². The number of benzene rings is 1. The minimum absolute atomic E-state index is 0.439. The van der Waals surface area contributed by atoms with Crippen LogP contribution in [-0.4, -0.2) is 82.5 Å². The highest BCUT2D eigenvalue weighted by molar-refractivity contribution is 5.91. The fourth-order valence-corrected chi connectivity index (χ4v) is 3.18. The van der Waals surface area contributed by atoms with Gasteiger partial charge in [-0.1, -0.05) is 0 Å². The van der Waals surface area contributed by atoms with Gasteiger partial charge in [-0.15, -0.1) is 0 Å². The SMILES string of the molecule is CC(=O)OC[C@H]1O[C@@H](OC(=O)c2cc(O)c(O)c(O)c2)[C@H](OC(C)=O)[C@@H](OC(C)=O)[C@@H]1OC(C)=O. The van der Waals surface area contributed by atoms with Gasteiger partial charge in [0.25, 0.3) is 0 Å². The van der Waals surface area contributed by atoms with Gasteiger partial charge in [-0.3, -0.25) is 19.2 Å². The van der Waals surface area contributed by atoms with Crippen LogP contribution in [0.3, 0.4) is 0 Å². The van der Waals surface area contributed by atoms with Crippen molar-refractivity contribution in [3.8, 4) is 17.2 Å². The first-order valence-corrected chi connectivity index (χ1v) is 10.1. The number of hydrogen-bond donors (Lipinski definition) is 3. The molecule has 0 bridgehead atoms. The summed E-state index contributed by atoms with van der Waals surface area (Å²) in [7, 11) is 0. The molecule has 0 saturated carbocycles. The highest BCUT2D eigenvalue weighted by atomic mass is 16.7. The summed E-state index contributed by atoms with van der Waals surface area (Å²) in [6, 6.07) is 1.56. The van der Waals surface area contributed by atoms with Crippen molar-refractivity contribution in [1.29, 1.82) is 0 Å². The maximum Gasteiger partial charge on any atom is 0.340 e. The minimum Gasteiger partial charge on any atom is -0.504 e. The lowest BCUT2D eigenvalue weighted by atomic mass is 9.98. The lowest BCUT2D eigenvalue weighted by molar-refractivity contribution is -0.294. The van der Waals surface area contributed by atoms with Gasteiger partial charge in [0, 0.05) is 27.7 Å². The number of phenols is 3. The van der Waals surface area contributed by atoms with E-state index in [0.29, 0.717) is 0 Å². The highest BCUT2D eigenvalue weighted by Gasteiger charge is 2.53. The Hall–Kier alpha value is -4.07. The third-order valence-electron chi connectivity index (χ3n) is 4.48. The van der Waals surface area contributed by atoms with Gasteiger partial charge in [0.2, 0.25) is 12.4 Å². The molecule has 1 fully saturated rings. The number of hydrogen-bond acceptors (Lipinski definition) is 14. The summed E-state index contributed by atoms with van der Waals surface area (Å²) in [5.74, 6) is -7.13. The monoisotopic (exact) mass is 500 g/mol. The van der Waals surface area contributed by atoms with Crippen molar-refractivity contribution in [2.24, 2.45) is 0 Å². The van der Waals surface area contributed by atoms with E-state index in [2.05, 4.69) is 0 Å². The van der Waals surface area contributed by atoms with E-state index in [1.807, 2.05) is 0 Å². The predicted octanol–water partition coefficient (Wildman–Crippen LogP) is 0.0433. The van der Waals surface area contributed by atoms with Crippen LogP contribution in [0, 0.1) is 0 Å². The van der Waals surface area contributed by atoms with E-state index in [-0.39, 0.29) is 0 Å². The number of carbonyl (C=O) groups is 5. The quantitative estimate of drug-likeness (QED) is 0.257. The standard InChI is InChI=1S/C21H24O14/c1-8(22)30-7-15-17(31-9(2)23)18(32-10(3)24)19(33-11(4)25)21(34-15)35-20(29)12-5-13(26)16(28)14(27)6-12/h5-6,15,17-19,21,26-28H,7H2,1-4H3/t15-,17-,18+,19-,21+/m1/s1. The molecule has 1 aliphatic rings. The minimum atomic E-state index is -1.80. The fraction of sp³-hybridized carbons (Fsp3) is 0.476. The second kappa shape index (κ2) is 11.4. The average molecular weight is 500 g/mol. The summed E-state index contributed by atoms with van der Waals surface area (Å²) in [5, 5.41) is 28.8. The van der Waals surface area contributed by atoms with Gasteiger partial charge in [0.15, 0.2) is 29.5 Å². The van der Waals surface area contributed by atoms with Crippen LogP contribution >= 0.6 is 0 Å². The topological polar surface area (TPSA) is 201 Å². The Balaban J connectivity index is 2.47. The van der Waals surface area contributed by atoms with Crippen LogP contribution in [0.25, 0.3) is 0 Å². The first kappa shape index (κ1) is 27.2. The lowest BCUT2D eigenvalue weighted by Crippen LogP contribution is -2.63. The van der Waals surface area contributed by atoms with Gasteiger partial charge >= 0.3 is 29.8 Å². The second-order valence-corrected chi connectivity index (χ2v) is 7.34. The Labute approximate surface area is 198 Å². The molecule has 0 unspecified atom stereocenters. The van der Waals surface area contributed by atoms with Crippen molar-refractivity contribution < 1.29 is 67.7 Å². The summed E-state index contributed by atoms with van der Waals surface area (Å²) in [6.07, 6.45) is -7.82. The van der Waals surface area contributed by atoms with Crippen molar-refractivity contribution in [1.82, 2.24) is 0 Å². The molecule has 2 rings (SSSR count). The third kappa shape index (κ3) is 7.20. The van der Waals surface area contributed by atoms with Gasteiger partial charge in [-0.25, -0.2) is 4.79 Å². The molecular weight excluding hydrogens is 476 g/mol. The molecule has 0 amide bonds. The van der Waals surface area contributed by atoms with Crippen LogP contribution in [0.5, 0.6) is 17.2 Å².